The number of nitrogens with zero attached hydrogens (tertiary/aromatic N) is 2. The molecule has 4 rings (SSSR count). The van der Waals surface area contributed by atoms with Crippen LogP contribution in [0.5, 0.6) is 0 Å². The van der Waals surface area contributed by atoms with Crippen LogP contribution in [0.3, 0.4) is 0 Å². The van der Waals surface area contributed by atoms with Crippen LogP contribution in [0.4, 0.5) is 13.2 Å². The van der Waals surface area contributed by atoms with E-state index in [9.17, 15) is 13.2 Å². The summed E-state index contributed by atoms with van der Waals surface area (Å²) in [5, 5.41) is 3.91. The number of benzene rings is 2. The van der Waals surface area contributed by atoms with Gasteiger partial charge >= 0.3 is 6.18 Å². The van der Waals surface area contributed by atoms with Crippen molar-refractivity contribution in [2.45, 2.75) is 25.1 Å². The summed E-state index contributed by atoms with van der Waals surface area (Å²) >= 11 is 15.2. The van der Waals surface area contributed by atoms with Crippen LogP contribution in [0.1, 0.15) is 23.4 Å². The summed E-state index contributed by atoms with van der Waals surface area (Å²) in [5.41, 5.74) is -1.60. The van der Waals surface area contributed by atoms with Crippen LogP contribution in [-0.4, -0.2) is 16.9 Å². The van der Waals surface area contributed by atoms with E-state index in [1.165, 1.54) is 18.2 Å². The van der Waals surface area contributed by atoms with Gasteiger partial charge in [-0.3, -0.25) is 0 Å². The van der Waals surface area contributed by atoms with Crippen LogP contribution in [0.2, 0.25) is 10.0 Å². The lowest BCUT2D eigenvalue weighted by atomic mass is 9.86. The van der Waals surface area contributed by atoms with Crippen molar-refractivity contribution in [1.29, 1.82) is 0 Å². The number of oxazole rings is 1. The third kappa shape index (κ3) is 3.07. The molecule has 1 aliphatic heterocycles. The van der Waals surface area contributed by atoms with Gasteiger partial charge in [0.05, 0.1) is 16.6 Å². The third-order valence-corrected chi connectivity index (χ3v) is 5.49. The number of alkyl halides is 3. The van der Waals surface area contributed by atoms with E-state index in [1.807, 2.05) is 0 Å². The summed E-state index contributed by atoms with van der Waals surface area (Å²) in [6.45, 7) is 1.65. The second-order valence-corrected chi connectivity index (χ2v) is 8.02. The van der Waals surface area contributed by atoms with Crippen molar-refractivity contribution in [1.82, 2.24) is 4.98 Å². The molecule has 0 saturated carbocycles. The first-order valence-corrected chi connectivity index (χ1v) is 9.50. The van der Waals surface area contributed by atoms with Gasteiger partial charge in [-0.1, -0.05) is 28.4 Å². The van der Waals surface area contributed by atoms with Crippen LogP contribution in [0, 0.1) is 6.92 Å². The van der Waals surface area contributed by atoms with Gasteiger partial charge in [0.15, 0.2) is 11.5 Å². The zero-order chi connectivity index (χ0) is 20.3. The maximum absolute atomic E-state index is 14.1. The zero-order valence-corrected chi connectivity index (χ0v) is 17.2. The van der Waals surface area contributed by atoms with Gasteiger partial charge in [-0.25, -0.2) is 4.98 Å². The average Bonchev–Trinajstić information content (AvgIpc) is 3.19. The summed E-state index contributed by atoms with van der Waals surface area (Å²) in [5.74, 6) is 0.381. The Balaban J connectivity index is 1.83. The predicted molar refractivity (Wildman–Crippen MR) is 103 cm³/mol. The fourth-order valence-electron chi connectivity index (χ4n) is 3.15. The molecule has 1 atom stereocenters. The molecule has 0 N–H and O–H groups in total. The number of hydrogen-bond donors (Lipinski definition) is 0. The molecular formula is C18H10BrCl2F3N2O2. The Morgan fingerprint density at radius 2 is 1.82 bits per heavy atom. The highest BCUT2D eigenvalue weighted by Gasteiger charge is 2.62. The Kier molecular flexibility index (Phi) is 4.63. The van der Waals surface area contributed by atoms with E-state index in [-0.39, 0.29) is 21.3 Å². The lowest BCUT2D eigenvalue weighted by Gasteiger charge is -2.29. The number of halogens is 6. The van der Waals surface area contributed by atoms with E-state index in [0.717, 1.165) is 0 Å². The monoisotopic (exact) mass is 492 g/mol. The normalized spacial score (nSPS) is 19.8. The van der Waals surface area contributed by atoms with E-state index in [4.69, 9.17) is 32.5 Å². The number of hydrogen-bond acceptors (Lipinski definition) is 4. The fourth-order valence-corrected chi connectivity index (χ4v) is 4.08. The second kappa shape index (κ2) is 6.64. The predicted octanol–water partition coefficient (Wildman–Crippen LogP) is 6.79. The molecular weight excluding hydrogens is 484 g/mol. The minimum Gasteiger partial charge on any atom is -0.440 e. The molecule has 2 heterocycles. The summed E-state index contributed by atoms with van der Waals surface area (Å²) in [7, 11) is 0. The van der Waals surface area contributed by atoms with Crippen molar-refractivity contribution in [3.8, 4) is 0 Å². The molecule has 4 nitrogen and oxygen atoms in total. The van der Waals surface area contributed by atoms with E-state index in [0.29, 0.717) is 27.0 Å². The standard InChI is InChI=1S/C18H10BrCl2F3N2O2/c1-8-25-15-12(2-3-13(19)16(15)27-8)14-7-17(28-26-14,18(22,23)24)9-4-10(20)6-11(21)5-9/h2-6H,7H2,1H3. The first-order valence-electron chi connectivity index (χ1n) is 7.95. The van der Waals surface area contributed by atoms with Crippen molar-refractivity contribution in [2.24, 2.45) is 5.16 Å². The van der Waals surface area contributed by atoms with E-state index < -0.39 is 18.2 Å². The molecule has 2 aromatic carbocycles. The Morgan fingerprint density at radius 1 is 1.14 bits per heavy atom. The molecule has 1 aliphatic rings. The average molecular weight is 494 g/mol. The summed E-state index contributed by atoms with van der Waals surface area (Å²) in [6.07, 6.45) is -5.32. The van der Waals surface area contributed by atoms with Crippen molar-refractivity contribution in [2.75, 3.05) is 0 Å². The summed E-state index contributed by atoms with van der Waals surface area (Å²) in [6, 6.07) is 6.99. The van der Waals surface area contributed by atoms with Crippen LogP contribution in [0.15, 0.2) is 44.4 Å². The van der Waals surface area contributed by atoms with Crippen LogP contribution < -0.4 is 0 Å². The topological polar surface area (TPSA) is 47.6 Å². The number of aryl methyl sites for hydroxylation is 1. The molecule has 28 heavy (non-hydrogen) atoms. The number of oxime groups is 1. The fraction of sp³-hybridized carbons (Fsp3) is 0.222. The van der Waals surface area contributed by atoms with Crippen molar-refractivity contribution < 1.29 is 22.4 Å². The second-order valence-electron chi connectivity index (χ2n) is 6.29. The molecule has 0 amide bonds. The van der Waals surface area contributed by atoms with Gasteiger partial charge in [0.1, 0.15) is 5.52 Å². The quantitative estimate of drug-likeness (QED) is 0.395. The van der Waals surface area contributed by atoms with E-state index in [2.05, 4.69) is 26.1 Å². The Morgan fingerprint density at radius 3 is 2.46 bits per heavy atom. The van der Waals surface area contributed by atoms with Gasteiger partial charge in [0.2, 0.25) is 0 Å². The maximum atomic E-state index is 14.1. The lowest BCUT2D eigenvalue weighted by molar-refractivity contribution is -0.275. The molecule has 0 radical (unpaired) electrons. The van der Waals surface area contributed by atoms with Gasteiger partial charge in [-0.15, -0.1) is 0 Å². The Labute approximate surface area is 175 Å². The highest BCUT2D eigenvalue weighted by molar-refractivity contribution is 9.10. The van der Waals surface area contributed by atoms with E-state index >= 15 is 0 Å². The molecule has 0 bridgehead atoms. The lowest BCUT2D eigenvalue weighted by Crippen LogP contribution is -2.42. The SMILES string of the molecule is Cc1nc2c(C3=NOC(c4cc(Cl)cc(Cl)c4)(C(F)(F)F)C3)ccc(Br)c2o1. The first kappa shape index (κ1) is 19.5. The van der Waals surface area contributed by atoms with E-state index in [1.54, 1.807) is 19.1 Å². The maximum Gasteiger partial charge on any atom is 0.435 e. The minimum absolute atomic E-state index is 0.0707. The van der Waals surface area contributed by atoms with Crippen LogP contribution in [-0.2, 0) is 10.4 Å². The van der Waals surface area contributed by atoms with Crippen molar-refractivity contribution in [3.63, 3.8) is 0 Å². The molecule has 1 aromatic heterocycles. The van der Waals surface area contributed by atoms with Crippen molar-refractivity contribution in [3.05, 3.63) is 61.9 Å². The largest absolute Gasteiger partial charge is 0.440 e. The molecule has 3 aromatic rings. The first-order chi connectivity index (χ1) is 13.1. The number of rotatable bonds is 2. The van der Waals surface area contributed by atoms with Gasteiger partial charge in [-0.05, 0) is 46.3 Å². The van der Waals surface area contributed by atoms with Gasteiger partial charge in [0, 0.05) is 28.1 Å². The number of fused-ring (bicyclic) bond motifs is 1. The highest BCUT2D eigenvalue weighted by atomic mass is 79.9. The van der Waals surface area contributed by atoms with Gasteiger partial charge in [-0.2, -0.15) is 13.2 Å². The van der Waals surface area contributed by atoms with Crippen LogP contribution >= 0.6 is 39.1 Å². The molecule has 10 heteroatoms. The zero-order valence-electron chi connectivity index (χ0n) is 14.1. The summed E-state index contributed by atoms with van der Waals surface area (Å²) < 4.78 is 48.5. The molecule has 0 spiro atoms. The van der Waals surface area contributed by atoms with Gasteiger partial charge in [0.25, 0.3) is 5.60 Å². The molecule has 0 fully saturated rings. The Hall–Kier alpha value is -1.77. The molecule has 0 saturated heterocycles. The van der Waals surface area contributed by atoms with Crippen LogP contribution in [0.25, 0.3) is 11.1 Å². The molecule has 1 unspecified atom stereocenters. The highest BCUT2D eigenvalue weighted by Crippen LogP contribution is 2.50. The minimum atomic E-state index is -4.76. The van der Waals surface area contributed by atoms with Gasteiger partial charge < -0.3 is 9.25 Å². The Bertz CT molecular complexity index is 1110. The van der Waals surface area contributed by atoms with Crippen molar-refractivity contribution >= 4 is 55.9 Å². The number of aromatic nitrogens is 1. The molecule has 0 aliphatic carbocycles. The smallest absolute Gasteiger partial charge is 0.435 e. The summed E-state index contributed by atoms with van der Waals surface area (Å²) in [4.78, 5) is 9.30. The molecule has 146 valence electrons. The third-order valence-electron chi connectivity index (χ3n) is 4.43.